The van der Waals surface area contributed by atoms with Crippen molar-refractivity contribution in [3.05, 3.63) is 119 Å². The summed E-state index contributed by atoms with van der Waals surface area (Å²) in [6.07, 6.45) is 4.27. The molecule has 0 amide bonds. The summed E-state index contributed by atoms with van der Waals surface area (Å²) >= 11 is 0. The van der Waals surface area contributed by atoms with Gasteiger partial charge in [0.2, 0.25) is 0 Å². The quantitative estimate of drug-likeness (QED) is 0.447. The van der Waals surface area contributed by atoms with Crippen molar-refractivity contribution in [2.75, 3.05) is 9.80 Å². The van der Waals surface area contributed by atoms with Gasteiger partial charge in [0.1, 0.15) is 5.82 Å². The summed E-state index contributed by atoms with van der Waals surface area (Å²) in [7, 11) is 0. The number of anilines is 2. The van der Waals surface area contributed by atoms with Crippen LogP contribution in [0.5, 0.6) is 0 Å². The van der Waals surface area contributed by atoms with Gasteiger partial charge >= 0.3 is 0 Å². The van der Waals surface area contributed by atoms with Crippen LogP contribution in [0.15, 0.2) is 72.8 Å². The van der Waals surface area contributed by atoms with Crippen LogP contribution in [0.4, 0.5) is 11.4 Å². The Balaban J connectivity index is 1.96. The standard InChI is InChI=1S/C29H30N2/c1-19-15-21(3)27(22(4)16-19)30-13-14-31(28-23(5)17-20(2)18-24(28)6)29(30)25(7)26-11-9-8-10-12-26/h7-18H,1-6H3. The molecular weight excluding hydrogens is 376 g/mol. The summed E-state index contributed by atoms with van der Waals surface area (Å²) in [5, 5.41) is 0. The lowest BCUT2D eigenvalue weighted by molar-refractivity contribution is 1.08. The highest BCUT2D eigenvalue weighted by molar-refractivity contribution is 5.86. The second-order valence-electron chi connectivity index (χ2n) is 8.64. The van der Waals surface area contributed by atoms with Gasteiger partial charge in [-0.3, -0.25) is 0 Å². The Morgan fingerprint density at radius 2 is 1.00 bits per heavy atom. The summed E-state index contributed by atoms with van der Waals surface area (Å²) in [5.41, 5.74) is 11.6. The Labute approximate surface area is 187 Å². The third kappa shape index (κ3) is 3.79. The van der Waals surface area contributed by atoms with Crippen molar-refractivity contribution in [3.63, 3.8) is 0 Å². The average Bonchev–Trinajstić information content (AvgIpc) is 3.10. The molecule has 0 aliphatic carbocycles. The van der Waals surface area contributed by atoms with Gasteiger partial charge in [-0.15, -0.1) is 0 Å². The number of allylic oxidation sites excluding steroid dienone is 1. The minimum atomic E-state index is 0.754. The maximum Gasteiger partial charge on any atom is 0.126 e. The third-order valence-corrected chi connectivity index (χ3v) is 5.90. The minimum Gasteiger partial charge on any atom is -0.301 e. The van der Waals surface area contributed by atoms with Gasteiger partial charge in [-0.05, 0) is 69.4 Å². The zero-order chi connectivity index (χ0) is 22.3. The van der Waals surface area contributed by atoms with Crippen LogP contribution in [0.3, 0.4) is 0 Å². The first-order chi connectivity index (χ1) is 14.8. The third-order valence-electron chi connectivity index (χ3n) is 5.90. The number of rotatable bonds is 3. The van der Waals surface area contributed by atoms with Crippen molar-refractivity contribution < 1.29 is 0 Å². The summed E-state index contributed by atoms with van der Waals surface area (Å²) < 4.78 is 0. The maximum absolute atomic E-state index is 6.87. The Morgan fingerprint density at radius 1 is 0.613 bits per heavy atom. The zero-order valence-corrected chi connectivity index (χ0v) is 19.3. The lowest BCUT2D eigenvalue weighted by Crippen LogP contribution is -2.26. The predicted molar refractivity (Wildman–Crippen MR) is 133 cm³/mol. The van der Waals surface area contributed by atoms with Gasteiger partial charge in [0, 0.05) is 24.9 Å². The van der Waals surface area contributed by atoms with Gasteiger partial charge in [0.25, 0.3) is 0 Å². The molecule has 1 aliphatic rings. The molecule has 3 aromatic rings. The van der Waals surface area contributed by atoms with Gasteiger partial charge < -0.3 is 9.80 Å². The molecular formula is C29H30N2. The van der Waals surface area contributed by atoms with E-state index in [0.717, 1.165) is 17.0 Å². The fourth-order valence-electron chi connectivity index (χ4n) is 4.86. The van der Waals surface area contributed by atoms with E-state index in [1.54, 1.807) is 0 Å². The molecule has 0 fully saturated rings. The average molecular weight is 407 g/mol. The lowest BCUT2D eigenvalue weighted by Gasteiger charge is -2.31. The maximum atomic E-state index is 6.87. The Morgan fingerprint density at radius 3 is 1.39 bits per heavy atom. The summed E-state index contributed by atoms with van der Waals surface area (Å²) in [5.74, 6) is 0.969. The molecule has 0 aromatic heterocycles. The number of hydrogen-bond acceptors (Lipinski definition) is 2. The van der Waals surface area contributed by atoms with E-state index < -0.39 is 0 Å². The molecule has 1 heterocycles. The smallest absolute Gasteiger partial charge is 0.126 e. The zero-order valence-electron chi connectivity index (χ0n) is 19.3. The number of hydrogen-bond donors (Lipinski definition) is 0. The molecule has 2 radical (unpaired) electrons. The van der Waals surface area contributed by atoms with Crippen LogP contribution in [-0.4, -0.2) is 0 Å². The molecule has 0 bridgehead atoms. The van der Waals surface area contributed by atoms with Gasteiger partial charge in [0.15, 0.2) is 0 Å². The molecule has 0 unspecified atom stereocenters. The molecule has 0 saturated heterocycles. The topological polar surface area (TPSA) is 6.48 Å². The summed E-state index contributed by atoms with van der Waals surface area (Å²) in [6, 6.07) is 19.2. The van der Waals surface area contributed by atoms with E-state index in [-0.39, 0.29) is 0 Å². The molecule has 0 N–H and O–H groups in total. The first kappa shape index (κ1) is 21.0. The molecule has 31 heavy (non-hydrogen) atoms. The van der Waals surface area contributed by atoms with Crippen LogP contribution in [-0.2, 0) is 0 Å². The van der Waals surface area contributed by atoms with Crippen LogP contribution in [0.25, 0.3) is 5.57 Å². The number of aryl methyl sites for hydroxylation is 6. The predicted octanol–water partition coefficient (Wildman–Crippen LogP) is 7.41. The van der Waals surface area contributed by atoms with Crippen LogP contribution in [0.2, 0.25) is 0 Å². The SMILES string of the molecule is [CH]C(=C1N(c2c(C)cc(C)cc2C)C=CN1c1c(C)cc(C)cc1C)c1ccccc1. The highest BCUT2D eigenvalue weighted by Crippen LogP contribution is 2.41. The van der Waals surface area contributed by atoms with Crippen LogP contribution in [0, 0.1) is 48.5 Å². The fourth-order valence-corrected chi connectivity index (χ4v) is 4.86. The van der Waals surface area contributed by atoms with Crippen LogP contribution >= 0.6 is 0 Å². The lowest BCUT2D eigenvalue weighted by atomic mass is 10.0. The molecule has 3 aromatic carbocycles. The largest absolute Gasteiger partial charge is 0.301 e. The first-order valence-corrected chi connectivity index (χ1v) is 10.8. The highest BCUT2D eigenvalue weighted by Gasteiger charge is 2.29. The van der Waals surface area contributed by atoms with Gasteiger partial charge in [-0.25, -0.2) is 0 Å². The van der Waals surface area contributed by atoms with Crippen molar-refractivity contribution in [2.24, 2.45) is 0 Å². The molecule has 156 valence electrons. The van der Waals surface area contributed by atoms with Crippen LogP contribution < -0.4 is 9.80 Å². The molecule has 1 aliphatic heterocycles. The van der Waals surface area contributed by atoms with Crippen molar-refractivity contribution in [1.29, 1.82) is 0 Å². The molecule has 0 spiro atoms. The normalized spacial score (nSPS) is 13.3. The highest BCUT2D eigenvalue weighted by atomic mass is 15.4. The molecule has 2 heteroatoms. The minimum absolute atomic E-state index is 0.754. The second-order valence-corrected chi connectivity index (χ2v) is 8.64. The Kier molecular flexibility index (Phi) is 5.49. The van der Waals surface area contributed by atoms with Gasteiger partial charge in [0.05, 0.1) is 11.4 Å². The van der Waals surface area contributed by atoms with Crippen molar-refractivity contribution >= 4 is 16.9 Å². The monoisotopic (exact) mass is 406 g/mol. The number of benzene rings is 3. The second kappa shape index (κ2) is 8.11. The molecule has 4 rings (SSSR count). The van der Waals surface area contributed by atoms with E-state index in [1.807, 2.05) is 18.2 Å². The first-order valence-electron chi connectivity index (χ1n) is 10.8. The van der Waals surface area contributed by atoms with E-state index in [1.165, 1.54) is 44.8 Å². The van der Waals surface area contributed by atoms with E-state index in [2.05, 4.69) is 100 Å². The molecule has 0 atom stereocenters. The Hall–Kier alpha value is -3.26. The van der Waals surface area contributed by atoms with Gasteiger partial charge in [-0.1, -0.05) is 65.7 Å². The molecule has 0 saturated carbocycles. The van der Waals surface area contributed by atoms with E-state index in [4.69, 9.17) is 6.92 Å². The van der Waals surface area contributed by atoms with E-state index >= 15 is 0 Å². The number of nitrogens with zero attached hydrogens (tertiary/aromatic N) is 2. The fraction of sp³-hybridized carbons (Fsp3) is 0.207. The molecule has 2 nitrogen and oxygen atoms in total. The van der Waals surface area contributed by atoms with E-state index in [0.29, 0.717) is 0 Å². The summed E-state index contributed by atoms with van der Waals surface area (Å²) in [6.45, 7) is 19.8. The van der Waals surface area contributed by atoms with Crippen molar-refractivity contribution in [3.8, 4) is 0 Å². The van der Waals surface area contributed by atoms with Crippen molar-refractivity contribution in [1.82, 2.24) is 0 Å². The Bertz CT molecular complexity index is 1080. The summed E-state index contributed by atoms with van der Waals surface area (Å²) in [4.78, 5) is 4.48. The van der Waals surface area contributed by atoms with Crippen molar-refractivity contribution in [2.45, 2.75) is 41.5 Å². The van der Waals surface area contributed by atoms with Crippen LogP contribution in [0.1, 0.15) is 38.9 Å². The van der Waals surface area contributed by atoms with Gasteiger partial charge in [-0.2, -0.15) is 0 Å². The van der Waals surface area contributed by atoms with E-state index in [9.17, 15) is 0 Å².